The maximum atomic E-state index is 13.4. The lowest BCUT2D eigenvalue weighted by molar-refractivity contribution is 0.0502. The van der Waals surface area contributed by atoms with Crippen LogP contribution in [-0.4, -0.2) is 23.3 Å². The summed E-state index contributed by atoms with van der Waals surface area (Å²) in [5, 5.41) is 13.4. The topological polar surface area (TPSA) is 32.3 Å². The minimum Gasteiger partial charge on any atom is -0.390 e. The van der Waals surface area contributed by atoms with Crippen LogP contribution in [-0.2, 0) is 6.42 Å². The third-order valence-electron chi connectivity index (χ3n) is 2.75. The molecule has 0 aliphatic rings. The van der Waals surface area contributed by atoms with Crippen LogP contribution in [0.4, 0.5) is 4.39 Å². The molecule has 0 radical (unpaired) electrons. The molecule has 0 saturated carbocycles. The Labute approximate surface area is 103 Å². The number of nitrogens with one attached hydrogen (secondary N) is 1. The van der Waals surface area contributed by atoms with Crippen LogP contribution in [0.25, 0.3) is 0 Å². The molecule has 96 valence electrons. The zero-order valence-electron chi connectivity index (χ0n) is 10.8. The molecule has 2 N–H and O–H groups in total. The van der Waals surface area contributed by atoms with E-state index in [0.29, 0.717) is 24.4 Å². The zero-order valence-corrected chi connectivity index (χ0v) is 10.8. The van der Waals surface area contributed by atoms with Crippen LogP contribution >= 0.6 is 0 Å². The molecular weight excluding hydrogens is 217 g/mol. The highest BCUT2D eigenvalue weighted by Gasteiger charge is 2.21. The molecule has 0 fully saturated rings. The van der Waals surface area contributed by atoms with Gasteiger partial charge in [-0.05, 0) is 31.5 Å². The predicted molar refractivity (Wildman–Crippen MR) is 68.5 cm³/mol. The van der Waals surface area contributed by atoms with Crippen molar-refractivity contribution >= 4 is 0 Å². The first-order chi connectivity index (χ1) is 7.91. The molecule has 0 heterocycles. The molecule has 0 aromatic heterocycles. The highest BCUT2D eigenvalue weighted by atomic mass is 19.1. The Morgan fingerprint density at radius 2 is 2.00 bits per heavy atom. The van der Waals surface area contributed by atoms with E-state index in [0.717, 1.165) is 6.54 Å². The van der Waals surface area contributed by atoms with E-state index in [1.54, 1.807) is 25.1 Å². The average Bonchev–Trinajstić information content (AvgIpc) is 2.20. The third-order valence-corrected chi connectivity index (χ3v) is 2.75. The molecule has 1 unspecified atom stereocenters. The summed E-state index contributed by atoms with van der Waals surface area (Å²) in [7, 11) is 0. The van der Waals surface area contributed by atoms with Gasteiger partial charge in [0, 0.05) is 12.5 Å². The van der Waals surface area contributed by atoms with Crippen molar-refractivity contribution in [2.45, 2.75) is 45.3 Å². The first-order valence-corrected chi connectivity index (χ1v) is 6.10. The molecule has 1 aromatic carbocycles. The van der Waals surface area contributed by atoms with E-state index in [2.05, 4.69) is 19.2 Å². The third kappa shape index (κ3) is 5.29. The Balaban J connectivity index is 2.51. The molecular formula is C14H22FNO. The fourth-order valence-electron chi connectivity index (χ4n) is 1.77. The van der Waals surface area contributed by atoms with Crippen LogP contribution < -0.4 is 5.32 Å². The second-order valence-electron chi connectivity index (χ2n) is 5.12. The van der Waals surface area contributed by atoms with Gasteiger partial charge >= 0.3 is 0 Å². The van der Waals surface area contributed by atoms with Crippen molar-refractivity contribution in [3.8, 4) is 0 Å². The lowest BCUT2D eigenvalue weighted by Crippen LogP contribution is -2.34. The van der Waals surface area contributed by atoms with Gasteiger partial charge in [-0.25, -0.2) is 4.39 Å². The van der Waals surface area contributed by atoms with E-state index in [1.165, 1.54) is 6.07 Å². The highest BCUT2D eigenvalue weighted by molar-refractivity contribution is 5.19. The van der Waals surface area contributed by atoms with Crippen molar-refractivity contribution in [2.75, 3.05) is 6.54 Å². The minimum absolute atomic E-state index is 0.246. The van der Waals surface area contributed by atoms with Crippen LogP contribution in [0.2, 0.25) is 0 Å². The second kappa shape index (κ2) is 6.12. The van der Waals surface area contributed by atoms with E-state index >= 15 is 0 Å². The largest absolute Gasteiger partial charge is 0.390 e. The average molecular weight is 239 g/mol. The molecule has 0 spiro atoms. The van der Waals surface area contributed by atoms with Crippen molar-refractivity contribution in [2.24, 2.45) is 0 Å². The number of halogens is 1. The van der Waals surface area contributed by atoms with E-state index in [-0.39, 0.29) is 5.82 Å². The number of hydrogen-bond donors (Lipinski definition) is 2. The molecule has 2 nitrogen and oxygen atoms in total. The minimum atomic E-state index is -0.871. The summed E-state index contributed by atoms with van der Waals surface area (Å²) in [6, 6.07) is 7.01. The van der Waals surface area contributed by atoms with Crippen LogP contribution in [0.3, 0.4) is 0 Å². The van der Waals surface area contributed by atoms with E-state index in [9.17, 15) is 9.50 Å². The van der Waals surface area contributed by atoms with Gasteiger partial charge in [-0.2, -0.15) is 0 Å². The molecule has 0 bridgehead atoms. The molecule has 0 amide bonds. The van der Waals surface area contributed by atoms with Gasteiger partial charge in [-0.1, -0.05) is 32.0 Å². The molecule has 0 aliphatic carbocycles. The van der Waals surface area contributed by atoms with Crippen molar-refractivity contribution < 1.29 is 9.50 Å². The zero-order chi connectivity index (χ0) is 12.9. The fraction of sp³-hybridized carbons (Fsp3) is 0.571. The summed E-state index contributed by atoms with van der Waals surface area (Å²) in [4.78, 5) is 0. The number of benzene rings is 1. The van der Waals surface area contributed by atoms with Crippen LogP contribution in [0.15, 0.2) is 24.3 Å². The number of hydrogen-bond acceptors (Lipinski definition) is 2. The van der Waals surface area contributed by atoms with E-state index in [4.69, 9.17) is 0 Å². The van der Waals surface area contributed by atoms with Gasteiger partial charge in [-0.3, -0.25) is 0 Å². The lowest BCUT2D eigenvalue weighted by atomic mass is 9.93. The SMILES string of the molecule is CC(C)NCCC(C)(O)Cc1ccccc1F. The van der Waals surface area contributed by atoms with Gasteiger partial charge in [0.2, 0.25) is 0 Å². The first kappa shape index (κ1) is 14.1. The summed E-state index contributed by atoms with van der Waals surface area (Å²) in [5.74, 6) is -0.246. The fourth-order valence-corrected chi connectivity index (χ4v) is 1.77. The molecule has 0 saturated heterocycles. The standard InChI is InChI=1S/C14H22FNO/c1-11(2)16-9-8-14(3,17)10-12-6-4-5-7-13(12)15/h4-7,11,16-17H,8-10H2,1-3H3. The van der Waals surface area contributed by atoms with Gasteiger partial charge in [0.25, 0.3) is 0 Å². The number of rotatable bonds is 6. The Hall–Kier alpha value is -0.930. The Morgan fingerprint density at radius 3 is 2.59 bits per heavy atom. The van der Waals surface area contributed by atoms with Crippen LogP contribution in [0, 0.1) is 5.82 Å². The summed E-state index contributed by atoms with van der Waals surface area (Å²) >= 11 is 0. The van der Waals surface area contributed by atoms with Crippen LogP contribution in [0.5, 0.6) is 0 Å². The Kier molecular flexibility index (Phi) is 5.09. The van der Waals surface area contributed by atoms with Crippen molar-refractivity contribution in [3.63, 3.8) is 0 Å². The highest BCUT2D eigenvalue weighted by Crippen LogP contribution is 2.18. The quantitative estimate of drug-likeness (QED) is 0.799. The van der Waals surface area contributed by atoms with Crippen molar-refractivity contribution in [1.29, 1.82) is 0 Å². The summed E-state index contributed by atoms with van der Waals surface area (Å²) < 4.78 is 13.4. The number of aliphatic hydroxyl groups is 1. The normalized spacial score (nSPS) is 14.9. The van der Waals surface area contributed by atoms with Gasteiger partial charge in [0.15, 0.2) is 0 Å². The van der Waals surface area contributed by atoms with Gasteiger partial charge in [0.05, 0.1) is 5.60 Å². The second-order valence-corrected chi connectivity index (χ2v) is 5.12. The first-order valence-electron chi connectivity index (χ1n) is 6.10. The van der Waals surface area contributed by atoms with E-state index in [1.807, 2.05) is 0 Å². The summed E-state index contributed by atoms with van der Waals surface area (Å²) in [6.07, 6.45) is 0.957. The predicted octanol–water partition coefficient (Wildman–Crippen LogP) is 2.51. The molecule has 1 atom stereocenters. The van der Waals surface area contributed by atoms with Gasteiger partial charge in [0.1, 0.15) is 5.82 Å². The molecule has 0 aliphatic heterocycles. The Morgan fingerprint density at radius 1 is 1.35 bits per heavy atom. The molecule has 17 heavy (non-hydrogen) atoms. The van der Waals surface area contributed by atoms with Gasteiger partial charge in [-0.15, -0.1) is 0 Å². The van der Waals surface area contributed by atoms with E-state index < -0.39 is 5.60 Å². The summed E-state index contributed by atoms with van der Waals surface area (Å²) in [6.45, 7) is 6.61. The monoisotopic (exact) mass is 239 g/mol. The maximum absolute atomic E-state index is 13.4. The molecule has 1 aromatic rings. The van der Waals surface area contributed by atoms with Crippen molar-refractivity contribution in [1.82, 2.24) is 5.32 Å². The maximum Gasteiger partial charge on any atom is 0.126 e. The smallest absolute Gasteiger partial charge is 0.126 e. The Bertz CT molecular complexity index is 350. The van der Waals surface area contributed by atoms with Crippen molar-refractivity contribution in [3.05, 3.63) is 35.6 Å². The molecule has 1 rings (SSSR count). The van der Waals surface area contributed by atoms with Crippen LogP contribution in [0.1, 0.15) is 32.8 Å². The van der Waals surface area contributed by atoms with Gasteiger partial charge < -0.3 is 10.4 Å². The lowest BCUT2D eigenvalue weighted by Gasteiger charge is -2.24. The molecule has 3 heteroatoms. The summed E-state index contributed by atoms with van der Waals surface area (Å²) in [5.41, 5.74) is -0.300.